The first kappa shape index (κ1) is 19.7. The second-order valence-corrected chi connectivity index (χ2v) is 8.67. The fourth-order valence-electron chi connectivity index (χ4n) is 4.47. The number of nitrogens with one attached hydrogen (secondary N) is 2. The molecule has 2 atom stereocenters. The number of piperazine rings is 1. The third kappa shape index (κ3) is 4.03. The number of pyridine rings is 1. The van der Waals surface area contributed by atoms with E-state index in [-0.39, 0.29) is 17.2 Å². The third-order valence-electron chi connectivity index (χ3n) is 6.62. The normalized spacial score (nSPS) is 23.3. The van der Waals surface area contributed by atoms with Crippen LogP contribution in [0.3, 0.4) is 0 Å². The van der Waals surface area contributed by atoms with Crippen LogP contribution in [-0.4, -0.2) is 43.3 Å². The summed E-state index contributed by atoms with van der Waals surface area (Å²) in [6, 6.07) is 16.7. The first-order valence-corrected chi connectivity index (χ1v) is 10.9. The molecule has 6 heteroatoms. The van der Waals surface area contributed by atoms with Crippen LogP contribution in [0.1, 0.15) is 24.5 Å². The van der Waals surface area contributed by atoms with Crippen LogP contribution in [0.4, 0.5) is 5.69 Å². The summed E-state index contributed by atoms with van der Waals surface area (Å²) in [5, 5.41) is 9.76. The molecule has 1 saturated carbocycles. The summed E-state index contributed by atoms with van der Waals surface area (Å²) in [5.41, 5.74) is 6.04. The zero-order valence-corrected chi connectivity index (χ0v) is 17.7. The molecule has 1 amide bonds. The van der Waals surface area contributed by atoms with Crippen LogP contribution >= 0.6 is 0 Å². The number of benzene rings is 2. The van der Waals surface area contributed by atoms with Crippen LogP contribution in [0.15, 0.2) is 66.0 Å². The van der Waals surface area contributed by atoms with Gasteiger partial charge in [-0.3, -0.25) is 9.78 Å². The fraction of sp³-hybridized carbons (Fsp3) is 0.320. The van der Waals surface area contributed by atoms with E-state index in [1.165, 1.54) is 11.3 Å². The van der Waals surface area contributed by atoms with Crippen molar-refractivity contribution in [1.82, 2.24) is 15.7 Å². The zero-order valence-electron chi connectivity index (χ0n) is 17.7. The first-order valence-electron chi connectivity index (χ1n) is 10.9. The van der Waals surface area contributed by atoms with Crippen molar-refractivity contribution in [3.63, 3.8) is 0 Å². The summed E-state index contributed by atoms with van der Waals surface area (Å²) >= 11 is 0. The Bertz CT molecular complexity index is 1120. The molecule has 6 nitrogen and oxygen atoms in total. The van der Waals surface area contributed by atoms with E-state index in [0.29, 0.717) is 0 Å². The van der Waals surface area contributed by atoms with Crippen LogP contribution in [0.2, 0.25) is 0 Å². The average molecular weight is 414 g/mol. The van der Waals surface area contributed by atoms with Crippen LogP contribution < -0.4 is 15.6 Å². The number of rotatable bonds is 5. The number of hydrogen-bond acceptors (Lipinski definition) is 5. The molecule has 0 spiro atoms. The Balaban J connectivity index is 1.20. The van der Waals surface area contributed by atoms with E-state index in [1.807, 2.05) is 30.5 Å². The van der Waals surface area contributed by atoms with E-state index in [1.54, 1.807) is 12.4 Å². The van der Waals surface area contributed by atoms with Crippen LogP contribution in [0.5, 0.6) is 0 Å². The fourth-order valence-corrected chi connectivity index (χ4v) is 4.47. The minimum Gasteiger partial charge on any atom is -0.369 e. The maximum absolute atomic E-state index is 12.7. The van der Waals surface area contributed by atoms with Gasteiger partial charge < -0.3 is 10.2 Å². The Morgan fingerprint density at radius 1 is 1.16 bits per heavy atom. The maximum Gasteiger partial charge on any atom is 0.244 e. The molecule has 1 aromatic heterocycles. The largest absolute Gasteiger partial charge is 0.369 e. The highest BCUT2D eigenvalue weighted by molar-refractivity contribution is 5.91. The topological polar surface area (TPSA) is 69.6 Å². The monoisotopic (exact) mass is 413 g/mol. The van der Waals surface area contributed by atoms with Gasteiger partial charge in [-0.1, -0.05) is 31.2 Å². The van der Waals surface area contributed by atoms with Gasteiger partial charge in [0.2, 0.25) is 5.91 Å². The molecular formula is C25H27N5O. The SMILES string of the molecule is CC1(c2ccc(N3CCNCC3)cc2)CC1C(=O)N/N=C/c1ccc2cnccc2c1. The molecule has 1 aliphatic carbocycles. The van der Waals surface area contributed by atoms with Crippen LogP contribution in [-0.2, 0) is 10.2 Å². The number of amides is 1. The highest BCUT2D eigenvalue weighted by atomic mass is 16.2. The third-order valence-corrected chi connectivity index (χ3v) is 6.62. The quantitative estimate of drug-likeness (QED) is 0.498. The van der Waals surface area contributed by atoms with Crippen molar-refractivity contribution in [2.24, 2.45) is 11.0 Å². The lowest BCUT2D eigenvalue weighted by Crippen LogP contribution is -2.43. The minimum atomic E-state index is -0.114. The molecule has 2 aliphatic rings. The van der Waals surface area contributed by atoms with Gasteiger partial charge >= 0.3 is 0 Å². The minimum absolute atomic E-state index is 0.0186. The van der Waals surface area contributed by atoms with Gasteiger partial charge in [0, 0.05) is 55.1 Å². The lowest BCUT2D eigenvalue weighted by Gasteiger charge is -2.29. The number of nitrogens with zero attached hydrogens (tertiary/aromatic N) is 3. The van der Waals surface area contributed by atoms with E-state index >= 15 is 0 Å². The summed E-state index contributed by atoms with van der Waals surface area (Å²) in [6.07, 6.45) is 6.15. The molecule has 2 unspecified atom stereocenters. The highest BCUT2D eigenvalue weighted by Gasteiger charge is 2.55. The predicted molar refractivity (Wildman–Crippen MR) is 124 cm³/mol. The molecule has 5 rings (SSSR count). The Morgan fingerprint density at radius 3 is 2.77 bits per heavy atom. The molecule has 2 aromatic carbocycles. The number of anilines is 1. The van der Waals surface area contributed by atoms with Crippen molar-refractivity contribution < 1.29 is 4.79 Å². The standard InChI is InChI=1S/C25H27N5O/c1-25(21-4-6-22(7-5-21)30-12-10-26-11-13-30)15-23(25)24(31)29-28-16-18-2-3-20-17-27-9-8-19(20)14-18/h2-9,14,16-17,23,26H,10-13,15H2,1H3,(H,29,31)/b28-16+. The molecule has 2 N–H and O–H groups in total. The van der Waals surface area contributed by atoms with Crippen molar-refractivity contribution in [3.8, 4) is 0 Å². The second kappa shape index (κ2) is 8.12. The van der Waals surface area contributed by atoms with Crippen molar-refractivity contribution in [2.45, 2.75) is 18.8 Å². The predicted octanol–water partition coefficient (Wildman–Crippen LogP) is 3.07. The molecule has 0 radical (unpaired) electrons. The van der Waals surface area contributed by atoms with Gasteiger partial charge in [-0.05, 0) is 47.2 Å². The Kier molecular flexibility index (Phi) is 5.16. The van der Waals surface area contributed by atoms with Crippen molar-refractivity contribution in [1.29, 1.82) is 0 Å². The molecule has 0 bridgehead atoms. The van der Waals surface area contributed by atoms with Gasteiger partial charge in [0.15, 0.2) is 0 Å². The van der Waals surface area contributed by atoms with Crippen LogP contribution in [0, 0.1) is 5.92 Å². The van der Waals surface area contributed by atoms with Gasteiger partial charge in [-0.2, -0.15) is 5.10 Å². The summed E-state index contributed by atoms with van der Waals surface area (Å²) < 4.78 is 0. The molecule has 3 aromatic rings. The zero-order chi connectivity index (χ0) is 21.3. The smallest absolute Gasteiger partial charge is 0.244 e. The van der Waals surface area contributed by atoms with Crippen molar-refractivity contribution in [2.75, 3.05) is 31.1 Å². The van der Waals surface area contributed by atoms with Crippen molar-refractivity contribution >= 4 is 28.6 Å². The number of fused-ring (bicyclic) bond motifs is 1. The van der Waals surface area contributed by atoms with Crippen LogP contribution in [0.25, 0.3) is 10.8 Å². The number of carbonyl (C=O) groups excluding carboxylic acids is 1. The summed E-state index contributed by atoms with van der Waals surface area (Å²) in [4.78, 5) is 19.2. The summed E-state index contributed by atoms with van der Waals surface area (Å²) in [6.45, 7) is 6.29. The van der Waals surface area contributed by atoms with E-state index in [4.69, 9.17) is 0 Å². The second-order valence-electron chi connectivity index (χ2n) is 8.67. The van der Waals surface area contributed by atoms with E-state index in [0.717, 1.165) is 48.9 Å². The Morgan fingerprint density at radius 2 is 1.97 bits per heavy atom. The van der Waals surface area contributed by atoms with E-state index in [2.05, 4.69) is 56.9 Å². The number of hydrazone groups is 1. The molecule has 158 valence electrons. The Hall–Kier alpha value is -3.25. The molecule has 1 saturated heterocycles. The van der Waals surface area contributed by atoms with Gasteiger partial charge in [0.05, 0.1) is 12.1 Å². The summed E-state index contributed by atoms with van der Waals surface area (Å²) in [7, 11) is 0. The van der Waals surface area contributed by atoms with Gasteiger partial charge in [0.25, 0.3) is 0 Å². The average Bonchev–Trinajstić information content (AvgIpc) is 3.52. The van der Waals surface area contributed by atoms with E-state index in [9.17, 15) is 4.79 Å². The van der Waals surface area contributed by atoms with Gasteiger partial charge in [-0.15, -0.1) is 0 Å². The molecule has 2 heterocycles. The van der Waals surface area contributed by atoms with Gasteiger partial charge in [0.1, 0.15) is 0 Å². The number of aromatic nitrogens is 1. The first-order chi connectivity index (χ1) is 15.1. The molecule has 1 aliphatic heterocycles. The molecular weight excluding hydrogens is 386 g/mol. The number of carbonyl (C=O) groups is 1. The van der Waals surface area contributed by atoms with E-state index < -0.39 is 0 Å². The highest BCUT2D eigenvalue weighted by Crippen LogP contribution is 2.54. The maximum atomic E-state index is 12.7. The Labute approximate surface area is 182 Å². The number of hydrogen-bond donors (Lipinski definition) is 2. The summed E-state index contributed by atoms with van der Waals surface area (Å²) in [5.74, 6) is -0.0627. The van der Waals surface area contributed by atoms with Crippen molar-refractivity contribution in [3.05, 3.63) is 72.1 Å². The lowest BCUT2D eigenvalue weighted by molar-refractivity contribution is -0.122. The molecule has 31 heavy (non-hydrogen) atoms. The molecule has 2 fully saturated rings. The van der Waals surface area contributed by atoms with Gasteiger partial charge in [-0.25, -0.2) is 5.43 Å². The lowest BCUT2D eigenvalue weighted by atomic mass is 9.95.